The summed E-state index contributed by atoms with van der Waals surface area (Å²) in [6, 6.07) is 10.1. The summed E-state index contributed by atoms with van der Waals surface area (Å²) in [5, 5.41) is 11.3. The first-order valence-electron chi connectivity index (χ1n) is 14.8. The topological polar surface area (TPSA) is 112 Å². The molecule has 1 aromatic carbocycles. The molecule has 1 aromatic heterocycles. The van der Waals surface area contributed by atoms with Gasteiger partial charge in [0.2, 0.25) is 0 Å². The third kappa shape index (κ3) is 6.36. The first kappa shape index (κ1) is 30.9. The molecule has 1 amide bonds. The minimum atomic E-state index is -4.26. The third-order valence-corrected chi connectivity index (χ3v) is 10.8. The Hall–Kier alpha value is -2.56. The molecule has 230 valence electrons. The number of rotatable bonds is 7. The predicted octanol–water partition coefficient (Wildman–Crippen LogP) is 5.16. The van der Waals surface area contributed by atoms with Gasteiger partial charge in [0.25, 0.3) is 15.9 Å². The number of benzene rings is 1. The van der Waals surface area contributed by atoms with Gasteiger partial charge in [-0.2, -0.15) is 8.42 Å². The van der Waals surface area contributed by atoms with E-state index in [-0.39, 0.29) is 15.9 Å². The lowest BCUT2D eigenvalue weighted by Crippen LogP contribution is -2.52. The van der Waals surface area contributed by atoms with Gasteiger partial charge < -0.3 is 19.6 Å². The zero-order valence-electron chi connectivity index (χ0n) is 25.2. The Labute approximate surface area is 254 Å². The normalized spacial score (nSPS) is 21.5. The zero-order chi connectivity index (χ0) is 30.6. The van der Waals surface area contributed by atoms with Crippen LogP contribution in [0.3, 0.4) is 0 Å². The number of ether oxygens (including phenoxy) is 1. The van der Waals surface area contributed by atoms with E-state index in [1.54, 1.807) is 24.3 Å². The number of nitrogens with zero attached hydrogens (tertiary/aromatic N) is 3. The second kappa shape index (κ2) is 10.9. The molecule has 0 unspecified atom stereocenters. The van der Waals surface area contributed by atoms with Crippen molar-refractivity contribution >= 4 is 39.0 Å². The summed E-state index contributed by atoms with van der Waals surface area (Å²) >= 11 is 6.31. The molecule has 2 saturated heterocycles. The fourth-order valence-corrected chi connectivity index (χ4v) is 6.90. The van der Waals surface area contributed by atoms with Crippen LogP contribution in [0.15, 0.2) is 41.4 Å². The van der Waals surface area contributed by atoms with E-state index in [0.29, 0.717) is 55.4 Å². The second-order valence-corrected chi connectivity index (χ2v) is 16.0. The molecule has 5 rings (SSSR count). The van der Waals surface area contributed by atoms with Gasteiger partial charge in [0, 0.05) is 50.1 Å². The predicted molar refractivity (Wildman–Crippen MR) is 165 cm³/mol. The van der Waals surface area contributed by atoms with Gasteiger partial charge in [-0.25, -0.2) is 9.71 Å². The van der Waals surface area contributed by atoms with E-state index in [0.717, 1.165) is 31.6 Å². The molecule has 3 heterocycles. The monoisotopic (exact) mass is 618 g/mol. The van der Waals surface area contributed by atoms with Crippen molar-refractivity contribution in [2.45, 2.75) is 89.4 Å². The number of halogens is 1. The Morgan fingerprint density at radius 1 is 0.976 bits per heavy atom. The smallest absolute Gasteiger partial charge is 0.281 e. The number of anilines is 2. The first-order chi connectivity index (χ1) is 19.5. The number of aliphatic hydroxyl groups is 1. The van der Waals surface area contributed by atoms with Crippen molar-refractivity contribution in [1.29, 1.82) is 0 Å². The van der Waals surface area contributed by atoms with Crippen molar-refractivity contribution in [1.82, 2.24) is 9.71 Å². The maximum atomic E-state index is 13.4. The maximum Gasteiger partial charge on any atom is 0.281 e. The van der Waals surface area contributed by atoms with E-state index < -0.39 is 27.1 Å². The van der Waals surface area contributed by atoms with Crippen molar-refractivity contribution in [2.24, 2.45) is 10.8 Å². The Morgan fingerprint density at radius 2 is 1.60 bits per heavy atom. The molecule has 3 fully saturated rings. The molecular formula is C31H43ClN4O5S. The molecule has 42 heavy (non-hydrogen) atoms. The highest BCUT2D eigenvalue weighted by Crippen LogP contribution is 2.45. The van der Waals surface area contributed by atoms with Crippen LogP contribution in [0.4, 0.5) is 11.5 Å². The number of carbonyl (C=O) groups excluding carboxylic acids is 1. The van der Waals surface area contributed by atoms with Crippen LogP contribution in [0.2, 0.25) is 5.02 Å². The number of hydrogen-bond acceptors (Lipinski definition) is 8. The Balaban J connectivity index is 1.29. The molecule has 0 bridgehead atoms. The molecule has 3 aliphatic rings. The summed E-state index contributed by atoms with van der Waals surface area (Å²) < 4.78 is 35.2. The fourth-order valence-electron chi connectivity index (χ4n) is 5.74. The van der Waals surface area contributed by atoms with Gasteiger partial charge in [-0.3, -0.25) is 4.79 Å². The molecule has 2 aromatic rings. The molecule has 9 nitrogen and oxygen atoms in total. The molecule has 2 aliphatic heterocycles. The largest absolute Gasteiger partial charge is 0.475 e. The molecule has 1 saturated carbocycles. The van der Waals surface area contributed by atoms with Crippen LogP contribution in [0.25, 0.3) is 0 Å². The van der Waals surface area contributed by atoms with E-state index in [1.165, 1.54) is 6.07 Å². The number of aromatic nitrogens is 1. The van der Waals surface area contributed by atoms with E-state index in [1.807, 2.05) is 31.7 Å². The number of piperidine rings is 2. The summed E-state index contributed by atoms with van der Waals surface area (Å²) in [6.45, 7) is 13.4. The number of nitrogens with one attached hydrogen (secondary N) is 1. The lowest BCUT2D eigenvalue weighted by molar-refractivity contribution is -0.127. The quantitative estimate of drug-likeness (QED) is 0.438. The van der Waals surface area contributed by atoms with Crippen LogP contribution in [0.5, 0.6) is 5.75 Å². The van der Waals surface area contributed by atoms with Crippen LogP contribution < -0.4 is 19.3 Å². The molecule has 0 radical (unpaired) electrons. The number of pyridine rings is 1. The van der Waals surface area contributed by atoms with Crippen molar-refractivity contribution < 1.29 is 23.1 Å². The van der Waals surface area contributed by atoms with Gasteiger partial charge in [0.05, 0.1) is 11.3 Å². The number of hydrogen-bond donors (Lipinski definition) is 2. The molecule has 1 aliphatic carbocycles. The van der Waals surface area contributed by atoms with Crippen molar-refractivity contribution in [3.63, 3.8) is 0 Å². The second-order valence-electron chi connectivity index (χ2n) is 13.9. The van der Waals surface area contributed by atoms with E-state index in [9.17, 15) is 18.3 Å². The fraction of sp³-hybridized carbons (Fsp3) is 0.613. The Morgan fingerprint density at radius 3 is 2.19 bits per heavy atom. The van der Waals surface area contributed by atoms with E-state index in [4.69, 9.17) is 16.3 Å². The number of carbonyl (C=O) groups is 1. The van der Waals surface area contributed by atoms with Crippen LogP contribution in [-0.4, -0.2) is 61.8 Å². The lowest BCUT2D eigenvalue weighted by Gasteiger charge is -2.46. The van der Waals surface area contributed by atoms with Crippen molar-refractivity contribution in [2.75, 3.05) is 36.0 Å². The van der Waals surface area contributed by atoms with E-state index in [2.05, 4.69) is 28.5 Å². The van der Waals surface area contributed by atoms with Gasteiger partial charge in [0.15, 0.2) is 10.6 Å². The third-order valence-electron chi connectivity index (χ3n) is 9.32. The van der Waals surface area contributed by atoms with Crippen molar-refractivity contribution in [3.05, 3.63) is 41.4 Å². The summed E-state index contributed by atoms with van der Waals surface area (Å²) in [7, 11) is -4.26. The molecule has 0 spiro atoms. The molecule has 2 N–H and O–H groups in total. The number of amides is 1. The van der Waals surface area contributed by atoms with Gasteiger partial charge in [-0.1, -0.05) is 52.3 Å². The summed E-state index contributed by atoms with van der Waals surface area (Å²) in [6.07, 6.45) is 3.94. The number of sulfonamides is 1. The minimum absolute atomic E-state index is 0.236. The van der Waals surface area contributed by atoms with Gasteiger partial charge in [-0.15, -0.1) is 0 Å². The van der Waals surface area contributed by atoms with Crippen LogP contribution in [-0.2, 0) is 14.8 Å². The molecular weight excluding hydrogens is 576 g/mol. The summed E-state index contributed by atoms with van der Waals surface area (Å²) in [5.41, 5.74) is -1.23. The van der Waals surface area contributed by atoms with Gasteiger partial charge in [-0.05, 0) is 60.8 Å². The minimum Gasteiger partial charge on any atom is -0.475 e. The van der Waals surface area contributed by atoms with Gasteiger partial charge in [0.1, 0.15) is 11.6 Å². The van der Waals surface area contributed by atoms with Crippen LogP contribution in [0, 0.1) is 10.8 Å². The lowest BCUT2D eigenvalue weighted by atomic mass is 9.71. The van der Waals surface area contributed by atoms with Crippen LogP contribution in [0.1, 0.15) is 73.1 Å². The van der Waals surface area contributed by atoms with E-state index >= 15 is 0 Å². The standard InChI is InChI=1S/C31H43ClN4O5S/c1-28(2,3)31(38)15-19-36(20-16-31)25-7-6-8-26(33-25)42(39,40)34-27(37)30(11-12-30)41-24-21-22(32)9-10-23(24)35-17-13-29(4,5)14-18-35/h6-10,21,38H,11-20H2,1-5H3,(H,34,37). The molecule has 11 heteroatoms. The van der Waals surface area contributed by atoms with Crippen LogP contribution >= 0.6 is 11.6 Å². The van der Waals surface area contributed by atoms with Gasteiger partial charge >= 0.3 is 0 Å². The maximum absolute atomic E-state index is 13.4. The Kier molecular flexibility index (Phi) is 7.99. The average Bonchev–Trinajstić information content (AvgIpc) is 3.70. The highest BCUT2D eigenvalue weighted by molar-refractivity contribution is 7.90. The Bertz CT molecular complexity index is 1430. The molecule has 0 atom stereocenters. The van der Waals surface area contributed by atoms with Crippen molar-refractivity contribution in [3.8, 4) is 5.75 Å². The zero-order valence-corrected chi connectivity index (χ0v) is 26.8. The first-order valence-corrected chi connectivity index (χ1v) is 16.6. The highest BCUT2D eigenvalue weighted by Gasteiger charge is 2.55. The summed E-state index contributed by atoms with van der Waals surface area (Å²) in [5.74, 6) is 0.258. The average molecular weight is 619 g/mol. The SMILES string of the molecule is CC1(C)CCN(c2ccc(Cl)cc2OC2(C(=O)NS(=O)(=O)c3cccc(N4CCC(O)(C(C)(C)C)CC4)n3)CC2)CC1. The summed E-state index contributed by atoms with van der Waals surface area (Å²) in [4.78, 5) is 22.0. The highest BCUT2D eigenvalue weighted by atomic mass is 35.5.